The molecule has 0 bridgehead atoms. The number of para-hydroxylation sites is 2. The Kier molecular flexibility index (Phi) is 6.88. The van der Waals surface area contributed by atoms with Crippen molar-refractivity contribution in [3.63, 3.8) is 0 Å². The molecule has 1 aromatic rings. The molecule has 1 amide bonds. The van der Waals surface area contributed by atoms with E-state index in [-0.39, 0.29) is 23.2 Å². The summed E-state index contributed by atoms with van der Waals surface area (Å²) in [6, 6.07) is 5.97. The zero-order chi connectivity index (χ0) is 19.4. The first-order valence-electron chi connectivity index (χ1n) is 7.80. The van der Waals surface area contributed by atoms with Crippen molar-refractivity contribution in [1.82, 2.24) is 9.34 Å². The van der Waals surface area contributed by atoms with Crippen molar-refractivity contribution in [1.29, 1.82) is 0 Å². The zero-order valence-corrected chi connectivity index (χ0v) is 16.8. The van der Waals surface area contributed by atoms with Crippen LogP contribution in [0.5, 0.6) is 5.75 Å². The number of rotatable bonds is 6. The number of hydrogen-bond acceptors (Lipinski definition) is 4. The second kappa shape index (κ2) is 8.08. The van der Waals surface area contributed by atoms with Crippen molar-refractivity contribution in [2.45, 2.75) is 25.9 Å². The molecule has 1 rings (SSSR count). The number of nitro benzene ring substituents is 1. The Hall–Kier alpha value is -1.76. The highest BCUT2D eigenvalue weighted by atomic mass is 31.2. The van der Waals surface area contributed by atoms with Crippen LogP contribution in [0.2, 0.25) is 0 Å². The highest BCUT2D eigenvalue weighted by Crippen LogP contribution is 2.63. The molecule has 140 valence electrons. The van der Waals surface area contributed by atoms with Gasteiger partial charge in [-0.25, -0.2) is 0 Å². The number of hydrogen-bond donors (Lipinski definition) is 0. The number of ether oxygens (including phenoxy) is 1. The molecule has 25 heavy (non-hydrogen) atoms. The first kappa shape index (κ1) is 21.3. The van der Waals surface area contributed by atoms with E-state index in [0.717, 1.165) is 0 Å². The predicted molar refractivity (Wildman–Crippen MR) is 100 cm³/mol. The van der Waals surface area contributed by atoms with E-state index in [1.165, 1.54) is 12.1 Å². The number of carbonyl (C=O) groups is 1. The zero-order valence-electron chi connectivity index (χ0n) is 15.9. The SMILES string of the molecule is CN(C)P(=NC(=O)COc1ccccc1[N+](=O)[O-])(N(C)C)C(C)(C)C. The predicted octanol–water partition coefficient (Wildman–Crippen LogP) is 3.45. The van der Waals surface area contributed by atoms with Crippen molar-refractivity contribution in [3.05, 3.63) is 34.4 Å². The van der Waals surface area contributed by atoms with E-state index in [9.17, 15) is 14.9 Å². The number of carbonyl (C=O) groups excluding carboxylic acids is 1. The largest absolute Gasteiger partial charge is 0.477 e. The maximum absolute atomic E-state index is 12.5. The van der Waals surface area contributed by atoms with Crippen LogP contribution in [0.25, 0.3) is 0 Å². The van der Waals surface area contributed by atoms with Gasteiger partial charge < -0.3 is 4.74 Å². The molecular weight excluding hydrogens is 343 g/mol. The number of nitro groups is 1. The van der Waals surface area contributed by atoms with Crippen LogP contribution in [0, 0.1) is 10.1 Å². The number of nitrogens with zero attached hydrogens (tertiary/aromatic N) is 4. The average molecular weight is 370 g/mol. The van der Waals surface area contributed by atoms with Crippen LogP contribution in [0.1, 0.15) is 20.8 Å². The second-order valence-electron chi connectivity index (χ2n) is 6.94. The summed E-state index contributed by atoms with van der Waals surface area (Å²) in [5.74, 6) is -0.380. The minimum absolute atomic E-state index is 0.0606. The Balaban J connectivity index is 3.14. The Morgan fingerprint density at radius 1 is 1.20 bits per heavy atom. The van der Waals surface area contributed by atoms with Gasteiger partial charge in [-0.15, -0.1) is 0 Å². The lowest BCUT2D eigenvalue weighted by Crippen LogP contribution is -2.34. The van der Waals surface area contributed by atoms with Gasteiger partial charge in [-0.3, -0.25) is 24.2 Å². The first-order valence-corrected chi connectivity index (χ1v) is 9.45. The van der Waals surface area contributed by atoms with Gasteiger partial charge in [0.05, 0.1) is 4.92 Å². The molecule has 0 fully saturated rings. The van der Waals surface area contributed by atoms with E-state index in [4.69, 9.17) is 4.74 Å². The quantitative estimate of drug-likeness (QED) is 0.433. The summed E-state index contributed by atoms with van der Waals surface area (Å²) >= 11 is 0. The van der Waals surface area contributed by atoms with Crippen molar-refractivity contribution in [3.8, 4) is 5.75 Å². The van der Waals surface area contributed by atoms with Crippen LogP contribution < -0.4 is 4.74 Å². The van der Waals surface area contributed by atoms with E-state index in [2.05, 4.69) is 4.74 Å². The lowest BCUT2D eigenvalue weighted by molar-refractivity contribution is -0.385. The summed E-state index contributed by atoms with van der Waals surface area (Å²) in [5.41, 5.74) is -0.174. The Labute approximate surface area is 149 Å². The van der Waals surface area contributed by atoms with Crippen LogP contribution in [0.15, 0.2) is 29.0 Å². The van der Waals surface area contributed by atoms with Gasteiger partial charge in [0.15, 0.2) is 12.4 Å². The van der Waals surface area contributed by atoms with E-state index >= 15 is 0 Å². The van der Waals surface area contributed by atoms with Gasteiger partial charge >= 0.3 is 5.69 Å². The molecule has 0 N–H and O–H groups in total. The molecule has 0 aromatic heterocycles. The molecule has 0 atom stereocenters. The van der Waals surface area contributed by atoms with Gasteiger partial charge in [0.25, 0.3) is 5.91 Å². The topological polar surface area (TPSA) is 88.3 Å². The summed E-state index contributed by atoms with van der Waals surface area (Å²) in [7, 11) is 5.30. The third-order valence-corrected chi connectivity index (χ3v) is 8.21. The van der Waals surface area contributed by atoms with Crippen molar-refractivity contribution < 1.29 is 14.5 Å². The second-order valence-corrected chi connectivity index (χ2v) is 11.2. The summed E-state index contributed by atoms with van der Waals surface area (Å²) in [5, 5.41) is 10.8. The minimum atomic E-state index is -2.30. The van der Waals surface area contributed by atoms with Crippen LogP contribution in [0.4, 0.5) is 5.69 Å². The molecular formula is C16H27N4O4P. The number of benzene rings is 1. The maximum Gasteiger partial charge on any atom is 0.310 e. The Morgan fingerprint density at radius 3 is 2.16 bits per heavy atom. The molecule has 9 heteroatoms. The lowest BCUT2D eigenvalue weighted by Gasteiger charge is -2.45. The smallest absolute Gasteiger partial charge is 0.310 e. The fraction of sp³-hybridized carbons (Fsp3) is 0.562. The normalized spacial score (nSPS) is 12.4. The Bertz CT molecular complexity index is 684. The molecule has 0 spiro atoms. The van der Waals surface area contributed by atoms with Crippen LogP contribution in [0.3, 0.4) is 0 Å². The molecule has 0 radical (unpaired) electrons. The minimum Gasteiger partial charge on any atom is -0.477 e. The first-order chi connectivity index (χ1) is 11.4. The molecule has 0 saturated heterocycles. The van der Waals surface area contributed by atoms with Gasteiger partial charge in [-0.05, 0) is 34.3 Å². The maximum atomic E-state index is 12.5. The van der Waals surface area contributed by atoms with Crippen molar-refractivity contribution in [2.24, 2.45) is 4.74 Å². The van der Waals surface area contributed by atoms with Crippen molar-refractivity contribution >= 4 is 19.0 Å². The summed E-state index contributed by atoms with van der Waals surface area (Å²) < 4.78 is 13.8. The molecule has 0 saturated carbocycles. The van der Waals surface area contributed by atoms with E-state index in [1.807, 2.05) is 58.3 Å². The van der Waals surface area contributed by atoms with Gasteiger partial charge in [-0.1, -0.05) is 32.9 Å². The van der Waals surface area contributed by atoms with Crippen LogP contribution in [-0.4, -0.2) is 60.1 Å². The van der Waals surface area contributed by atoms with Gasteiger partial charge in [-0.2, -0.15) is 4.74 Å². The average Bonchev–Trinajstić information content (AvgIpc) is 2.48. The summed E-state index contributed by atoms with van der Waals surface area (Å²) in [4.78, 5) is 23.0. The Morgan fingerprint density at radius 2 is 1.72 bits per heavy atom. The third-order valence-electron chi connectivity index (χ3n) is 3.68. The number of amides is 1. The molecule has 1 aromatic carbocycles. The molecule has 8 nitrogen and oxygen atoms in total. The summed E-state index contributed by atoms with van der Waals surface area (Å²) in [6.07, 6.45) is 0. The van der Waals surface area contributed by atoms with E-state index in [0.29, 0.717) is 0 Å². The monoisotopic (exact) mass is 370 g/mol. The highest BCUT2D eigenvalue weighted by molar-refractivity contribution is 7.63. The van der Waals surface area contributed by atoms with Crippen LogP contribution in [-0.2, 0) is 4.79 Å². The molecule has 0 heterocycles. The fourth-order valence-electron chi connectivity index (χ4n) is 2.94. The van der Waals surface area contributed by atoms with Gasteiger partial charge in [0.2, 0.25) is 0 Å². The van der Waals surface area contributed by atoms with E-state index in [1.54, 1.807) is 12.1 Å². The lowest BCUT2D eigenvalue weighted by atomic mass is 10.3. The van der Waals surface area contributed by atoms with Gasteiger partial charge in [0.1, 0.15) is 7.36 Å². The fourth-order valence-corrected chi connectivity index (χ4v) is 7.08. The molecule has 0 unspecified atom stereocenters. The molecule has 0 aliphatic heterocycles. The molecule has 0 aliphatic rings. The third kappa shape index (κ3) is 4.66. The van der Waals surface area contributed by atoms with Crippen molar-refractivity contribution in [2.75, 3.05) is 34.8 Å². The van der Waals surface area contributed by atoms with Gasteiger partial charge in [0, 0.05) is 11.2 Å². The summed E-state index contributed by atoms with van der Waals surface area (Å²) in [6.45, 7) is 5.78. The van der Waals surface area contributed by atoms with Crippen LogP contribution >= 0.6 is 7.36 Å². The standard InChI is InChI=1S/C16H27N4O4P/c1-16(2,3)25(18(4)5,19(6)7)17-15(21)12-24-14-11-9-8-10-13(14)20(22)23/h8-11H,12H2,1-7H3. The molecule has 0 aliphatic carbocycles. The highest BCUT2D eigenvalue weighted by Gasteiger charge is 2.39. The van der Waals surface area contributed by atoms with E-state index < -0.39 is 18.2 Å².